The molecule has 0 aliphatic carbocycles. The molecule has 2 N–H and O–H groups in total. The molecule has 90 valence electrons. The summed E-state index contributed by atoms with van der Waals surface area (Å²) in [5.41, 5.74) is 6.29. The molecule has 2 rings (SSSR count). The van der Waals surface area contributed by atoms with Crippen LogP contribution in [-0.4, -0.2) is 27.3 Å². The van der Waals surface area contributed by atoms with E-state index < -0.39 is 0 Å². The summed E-state index contributed by atoms with van der Waals surface area (Å²) in [5, 5.41) is 11.2. The number of tetrazole rings is 1. The van der Waals surface area contributed by atoms with Gasteiger partial charge in [0.1, 0.15) is 17.3 Å². The van der Waals surface area contributed by atoms with Gasteiger partial charge >= 0.3 is 0 Å². The summed E-state index contributed by atoms with van der Waals surface area (Å²) in [5.74, 6) is 0.440. The highest BCUT2D eigenvalue weighted by atomic mass is 19.1. The fraction of sp³-hybridized carbons (Fsp3) is 0.300. The quantitative estimate of drug-likeness (QED) is 0.855. The lowest BCUT2D eigenvalue weighted by atomic mass is 10.2. The van der Waals surface area contributed by atoms with Gasteiger partial charge in [0.05, 0.1) is 13.2 Å². The predicted molar refractivity (Wildman–Crippen MR) is 58.3 cm³/mol. The molecule has 0 aliphatic heterocycles. The number of hydrogen-bond donors (Lipinski definition) is 1. The summed E-state index contributed by atoms with van der Waals surface area (Å²) in [6, 6.07) is 3.78. The predicted octanol–water partition coefficient (Wildman–Crippen LogP) is 0.830. The molecule has 0 spiro atoms. The number of rotatable bonds is 3. The number of nitrogens with zero attached hydrogens (tertiary/aromatic N) is 4. The molecule has 7 heteroatoms. The summed E-state index contributed by atoms with van der Waals surface area (Å²) in [4.78, 5) is 0. The van der Waals surface area contributed by atoms with Crippen molar-refractivity contribution < 1.29 is 9.13 Å². The Hall–Kier alpha value is -2.02. The lowest BCUT2D eigenvalue weighted by Crippen LogP contribution is -2.14. The molecule has 0 radical (unpaired) electrons. The van der Waals surface area contributed by atoms with Crippen molar-refractivity contribution in [3.05, 3.63) is 29.8 Å². The van der Waals surface area contributed by atoms with E-state index in [0.717, 1.165) is 0 Å². The van der Waals surface area contributed by atoms with Gasteiger partial charge in [0.2, 0.25) is 0 Å². The Balaban J connectivity index is 2.56. The average Bonchev–Trinajstić information content (AvgIpc) is 2.77. The number of nitrogens with two attached hydrogens (primary N) is 1. The lowest BCUT2D eigenvalue weighted by molar-refractivity contribution is 0.407. The van der Waals surface area contributed by atoms with E-state index in [1.54, 1.807) is 6.92 Å². The second-order valence-corrected chi connectivity index (χ2v) is 3.55. The van der Waals surface area contributed by atoms with Crippen molar-refractivity contribution in [2.75, 3.05) is 7.11 Å². The number of hydrogen-bond acceptors (Lipinski definition) is 5. The highest BCUT2D eigenvalue weighted by Crippen LogP contribution is 2.24. The Morgan fingerprint density at radius 3 is 2.88 bits per heavy atom. The molecule has 0 bridgehead atoms. The molecule has 1 unspecified atom stereocenters. The monoisotopic (exact) mass is 237 g/mol. The van der Waals surface area contributed by atoms with Gasteiger partial charge in [-0.3, -0.25) is 0 Å². The van der Waals surface area contributed by atoms with Crippen LogP contribution >= 0.6 is 0 Å². The highest BCUT2D eigenvalue weighted by Gasteiger charge is 2.15. The Labute approximate surface area is 97.2 Å². The van der Waals surface area contributed by atoms with Crippen LogP contribution in [0.2, 0.25) is 0 Å². The third-order valence-corrected chi connectivity index (χ3v) is 2.27. The number of ether oxygens (including phenoxy) is 1. The van der Waals surface area contributed by atoms with Crippen LogP contribution in [0.4, 0.5) is 4.39 Å². The Bertz CT molecular complexity index is 525. The second kappa shape index (κ2) is 4.46. The zero-order valence-corrected chi connectivity index (χ0v) is 9.46. The smallest absolute Gasteiger partial charge is 0.173 e. The topological polar surface area (TPSA) is 78.8 Å². The first kappa shape index (κ1) is 11.5. The standard InChI is InChI=1S/C10H12FN5O/c1-6(12)10-13-14-15-16(10)8-4-3-7(11)5-9(8)17-2/h3-6H,12H2,1-2H3. The molecule has 0 amide bonds. The molecule has 2 aromatic rings. The van der Waals surface area contributed by atoms with Gasteiger partial charge in [0.25, 0.3) is 0 Å². The van der Waals surface area contributed by atoms with Crippen molar-refractivity contribution in [2.45, 2.75) is 13.0 Å². The molecule has 17 heavy (non-hydrogen) atoms. The minimum Gasteiger partial charge on any atom is -0.494 e. The highest BCUT2D eigenvalue weighted by molar-refractivity contribution is 5.46. The largest absolute Gasteiger partial charge is 0.494 e. The van der Waals surface area contributed by atoms with Gasteiger partial charge in [-0.25, -0.2) is 4.39 Å². The Morgan fingerprint density at radius 1 is 1.47 bits per heavy atom. The summed E-state index contributed by atoms with van der Waals surface area (Å²) in [6.45, 7) is 1.76. The van der Waals surface area contributed by atoms with Crippen molar-refractivity contribution in [1.29, 1.82) is 0 Å². The molecule has 0 aliphatic rings. The van der Waals surface area contributed by atoms with E-state index in [4.69, 9.17) is 10.5 Å². The van der Waals surface area contributed by atoms with E-state index in [0.29, 0.717) is 17.3 Å². The minimum atomic E-state index is -0.388. The normalized spacial score (nSPS) is 12.5. The summed E-state index contributed by atoms with van der Waals surface area (Å²) < 4.78 is 19.6. The van der Waals surface area contributed by atoms with E-state index in [1.807, 2.05) is 0 Å². The maximum Gasteiger partial charge on any atom is 0.173 e. The van der Waals surface area contributed by atoms with E-state index in [9.17, 15) is 4.39 Å². The van der Waals surface area contributed by atoms with Gasteiger partial charge in [0, 0.05) is 6.07 Å². The van der Waals surface area contributed by atoms with E-state index in [2.05, 4.69) is 15.5 Å². The third kappa shape index (κ3) is 2.09. The van der Waals surface area contributed by atoms with Crippen LogP contribution in [0.3, 0.4) is 0 Å². The third-order valence-electron chi connectivity index (χ3n) is 2.27. The van der Waals surface area contributed by atoms with Crippen LogP contribution in [0, 0.1) is 5.82 Å². The zero-order valence-electron chi connectivity index (χ0n) is 9.46. The molecule has 6 nitrogen and oxygen atoms in total. The molecule has 1 aromatic heterocycles. The molecular formula is C10H12FN5O. The van der Waals surface area contributed by atoms with Gasteiger partial charge in [-0.2, -0.15) is 4.68 Å². The van der Waals surface area contributed by atoms with Crippen molar-refractivity contribution in [3.63, 3.8) is 0 Å². The van der Waals surface area contributed by atoms with Crippen LogP contribution in [-0.2, 0) is 0 Å². The van der Waals surface area contributed by atoms with Crippen LogP contribution in [0.1, 0.15) is 18.8 Å². The first-order valence-electron chi connectivity index (χ1n) is 5.01. The van der Waals surface area contributed by atoms with Gasteiger partial charge < -0.3 is 10.5 Å². The SMILES string of the molecule is COc1cc(F)ccc1-n1nnnc1C(C)N. The van der Waals surface area contributed by atoms with E-state index in [1.165, 1.54) is 30.0 Å². The van der Waals surface area contributed by atoms with Gasteiger partial charge in [0.15, 0.2) is 5.82 Å². The molecule has 1 atom stereocenters. The summed E-state index contributed by atoms with van der Waals surface area (Å²) >= 11 is 0. The van der Waals surface area contributed by atoms with Crippen LogP contribution in [0.15, 0.2) is 18.2 Å². The summed E-state index contributed by atoms with van der Waals surface area (Å²) in [6.07, 6.45) is 0. The van der Waals surface area contributed by atoms with Gasteiger partial charge in [-0.1, -0.05) is 0 Å². The molecule has 1 heterocycles. The van der Waals surface area contributed by atoms with Crippen LogP contribution < -0.4 is 10.5 Å². The summed E-state index contributed by atoms with van der Waals surface area (Å²) in [7, 11) is 1.45. The van der Waals surface area contributed by atoms with Crippen molar-refractivity contribution >= 4 is 0 Å². The maximum absolute atomic E-state index is 13.1. The number of methoxy groups -OCH3 is 1. The van der Waals surface area contributed by atoms with Crippen LogP contribution in [0.5, 0.6) is 5.75 Å². The first-order chi connectivity index (χ1) is 8.13. The molecule has 0 fully saturated rings. The zero-order chi connectivity index (χ0) is 12.4. The minimum absolute atomic E-state index is 0.334. The van der Waals surface area contributed by atoms with Crippen molar-refractivity contribution in [3.8, 4) is 11.4 Å². The Morgan fingerprint density at radius 2 is 2.24 bits per heavy atom. The maximum atomic E-state index is 13.1. The van der Waals surface area contributed by atoms with Crippen LogP contribution in [0.25, 0.3) is 5.69 Å². The fourth-order valence-corrected chi connectivity index (χ4v) is 1.48. The van der Waals surface area contributed by atoms with E-state index in [-0.39, 0.29) is 11.9 Å². The molecule has 0 saturated carbocycles. The van der Waals surface area contributed by atoms with Crippen molar-refractivity contribution in [2.24, 2.45) is 5.73 Å². The average molecular weight is 237 g/mol. The number of benzene rings is 1. The molecule has 0 saturated heterocycles. The number of aromatic nitrogens is 4. The molecular weight excluding hydrogens is 225 g/mol. The molecule has 1 aromatic carbocycles. The fourth-order valence-electron chi connectivity index (χ4n) is 1.48. The van der Waals surface area contributed by atoms with Gasteiger partial charge in [-0.05, 0) is 29.5 Å². The van der Waals surface area contributed by atoms with E-state index >= 15 is 0 Å². The van der Waals surface area contributed by atoms with Gasteiger partial charge in [-0.15, -0.1) is 5.10 Å². The number of halogens is 1. The first-order valence-corrected chi connectivity index (χ1v) is 5.01. The lowest BCUT2D eigenvalue weighted by Gasteiger charge is -2.10. The Kier molecular flexibility index (Phi) is 3.01. The second-order valence-electron chi connectivity index (χ2n) is 3.55. The van der Waals surface area contributed by atoms with Crippen molar-refractivity contribution in [1.82, 2.24) is 20.2 Å².